The van der Waals surface area contributed by atoms with E-state index in [-0.39, 0.29) is 6.61 Å². The van der Waals surface area contributed by atoms with Crippen molar-refractivity contribution in [3.05, 3.63) is 10.6 Å². The first kappa shape index (κ1) is 14.7. The Hall–Kier alpha value is -0.690. The van der Waals surface area contributed by atoms with Crippen molar-refractivity contribution in [3.8, 4) is 0 Å². The molecule has 5 nitrogen and oxygen atoms in total. The minimum absolute atomic E-state index is 0.0292. The zero-order chi connectivity index (χ0) is 13.7. The predicted octanol–water partition coefficient (Wildman–Crippen LogP) is 1.64. The van der Waals surface area contributed by atoms with Crippen molar-refractivity contribution in [3.63, 3.8) is 0 Å². The lowest BCUT2D eigenvalue weighted by molar-refractivity contribution is 0.0685. The Bertz CT molecular complexity index is 391. The minimum Gasteiger partial charge on any atom is -0.391 e. The summed E-state index contributed by atoms with van der Waals surface area (Å²) in [7, 11) is 3.71. The Labute approximate surface area is 118 Å². The van der Waals surface area contributed by atoms with Gasteiger partial charge < -0.3 is 19.5 Å². The summed E-state index contributed by atoms with van der Waals surface area (Å²) in [5, 5.41) is 10.3. The maximum atomic E-state index is 9.34. The lowest BCUT2D eigenvalue weighted by Gasteiger charge is -2.26. The van der Waals surface area contributed by atoms with E-state index in [1.165, 1.54) is 0 Å². The van der Waals surface area contributed by atoms with Crippen LogP contribution >= 0.6 is 11.3 Å². The van der Waals surface area contributed by atoms with Gasteiger partial charge in [0, 0.05) is 33.9 Å². The Morgan fingerprint density at radius 3 is 2.84 bits per heavy atom. The largest absolute Gasteiger partial charge is 0.391 e. The number of aromatic nitrogens is 1. The van der Waals surface area contributed by atoms with Crippen LogP contribution in [0.1, 0.15) is 23.4 Å². The van der Waals surface area contributed by atoms with Crippen LogP contribution < -0.4 is 4.90 Å². The highest BCUT2D eigenvalue weighted by Gasteiger charge is 2.19. The Balaban J connectivity index is 1.99. The molecule has 1 saturated heterocycles. The number of aliphatic hydroxyl groups is 1. The molecule has 0 atom stereocenters. The van der Waals surface area contributed by atoms with E-state index < -0.39 is 0 Å². The van der Waals surface area contributed by atoms with Gasteiger partial charge in [-0.2, -0.15) is 0 Å². The van der Waals surface area contributed by atoms with E-state index in [0.717, 1.165) is 48.3 Å². The Kier molecular flexibility index (Phi) is 5.57. The highest BCUT2D eigenvalue weighted by Crippen LogP contribution is 2.28. The van der Waals surface area contributed by atoms with E-state index in [0.29, 0.717) is 12.5 Å². The molecule has 108 valence electrons. The van der Waals surface area contributed by atoms with E-state index >= 15 is 0 Å². The molecule has 0 aromatic carbocycles. The van der Waals surface area contributed by atoms with Gasteiger partial charge in [-0.1, -0.05) is 11.3 Å². The van der Waals surface area contributed by atoms with Crippen LogP contribution in [-0.4, -0.2) is 44.0 Å². The molecule has 1 aliphatic heterocycles. The summed E-state index contributed by atoms with van der Waals surface area (Å²) in [5.74, 6) is 0.672. The lowest BCUT2D eigenvalue weighted by Crippen LogP contribution is -2.29. The Morgan fingerprint density at radius 2 is 2.21 bits per heavy atom. The molecule has 2 heterocycles. The summed E-state index contributed by atoms with van der Waals surface area (Å²) >= 11 is 1.55. The van der Waals surface area contributed by atoms with Gasteiger partial charge in [-0.15, -0.1) is 0 Å². The van der Waals surface area contributed by atoms with Crippen LogP contribution in [0.5, 0.6) is 0 Å². The molecule has 0 bridgehead atoms. The van der Waals surface area contributed by atoms with Crippen LogP contribution in [0.15, 0.2) is 0 Å². The molecule has 0 radical (unpaired) electrons. The fraction of sp³-hybridized carbons (Fsp3) is 0.769. The summed E-state index contributed by atoms with van der Waals surface area (Å²) in [6.07, 6.45) is 2.24. The quantitative estimate of drug-likeness (QED) is 0.861. The maximum Gasteiger partial charge on any atom is 0.185 e. The van der Waals surface area contributed by atoms with Crippen LogP contribution in [0.3, 0.4) is 0 Å². The average molecular weight is 286 g/mol. The summed E-state index contributed by atoms with van der Waals surface area (Å²) in [6.45, 7) is 3.22. The first-order valence-electron chi connectivity index (χ1n) is 6.61. The van der Waals surface area contributed by atoms with Gasteiger partial charge in [0.2, 0.25) is 0 Å². The van der Waals surface area contributed by atoms with Crippen molar-refractivity contribution in [1.29, 1.82) is 0 Å². The van der Waals surface area contributed by atoms with Gasteiger partial charge >= 0.3 is 0 Å². The van der Waals surface area contributed by atoms with E-state index in [1.54, 1.807) is 18.4 Å². The van der Waals surface area contributed by atoms with Crippen LogP contribution in [0.4, 0.5) is 5.13 Å². The molecule has 0 spiro atoms. The van der Waals surface area contributed by atoms with Crippen LogP contribution in [0, 0.1) is 5.92 Å². The standard InChI is InChI=1S/C13H22N2O3S/c1-15(7-10-3-5-18-6-4-10)13-14-11(9-17-2)12(8-16)19-13/h10,16H,3-9H2,1-2H3. The number of anilines is 1. The smallest absolute Gasteiger partial charge is 0.185 e. The van der Waals surface area contributed by atoms with Crippen molar-refractivity contribution in [2.24, 2.45) is 5.92 Å². The average Bonchev–Trinajstić information content (AvgIpc) is 2.83. The minimum atomic E-state index is 0.0292. The van der Waals surface area contributed by atoms with Crippen molar-refractivity contribution in [2.75, 3.05) is 38.8 Å². The van der Waals surface area contributed by atoms with Crippen LogP contribution in [0.2, 0.25) is 0 Å². The van der Waals surface area contributed by atoms with Gasteiger partial charge in [0.05, 0.1) is 23.8 Å². The molecule has 1 fully saturated rings. The first-order chi connectivity index (χ1) is 9.24. The Morgan fingerprint density at radius 1 is 1.47 bits per heavy atom. The molecule has 0 aliphatic carbocycles. The first-order valence-corrected chi connectivity index (χ1v) is 7.43. The summed E-state index contributed by atoms with van der Waals surface area (Å²) < 4.78 is 10.5. The summed E-state index contributed by atoms with van der Waals surface area (Å²) in [5.41, 5.74) is 0.851. The molecule has 2 rings (SSSR count). The van der Waals surface area contributed by atoms with Gasteiger partial charge in [0.25, 0.3) is 0 Å². The molecule has 6 heteroatoms. The molecule has 1 N–H and O–H groups in total. The maximum absolute atomic E-state index is 9.34. The van der Waals surface area contributed by atoms with Gasteiger partial charge in [-0.3, -0.25) is 0 Å². The lowest BCUT2D eigenvalue weighted by atomic mass is 10.0. The summed E-state index contributed by atoms with van der Waals surface area (Å²) in [6, 6.07) is 0. The predicted molar refractivity (Wildman–Crippen MR) is 75.6 cm³/mol. The fourth-order valence-electron chi connectivity index (χ4n) is 2.30. The van der Waals surface area contributed by atoms with Gasteiger partial charge in [-0.25, -0.2) is 4.98 Å². The molecule has 0 amide bonds. The second-order valence-corrected chi connectivity index (χ2v) is 5.96. The number of hydrogen-bond donors (Lipinski definition) is 1. The number of thiazole rings is 1. The van der Waals surface area contributed by atoms with Crippen molar-refractivity contribution in [1.82, 2.24) is 4.98 Å². The van der Waals surface area contributed by atoms with E-state index in [1.807, 2.05) is 0 Å². The van der Waals surface area contributed by atoms with E-state index in [4.69, 9.17) is 9.47 Å². The number of nitrogens with zero attached hydrogens (tertiary/aromatic N) is 2. The second kappa shape index (κ2) is 7.19. The third-order valence-electron chi connectivity index (χ3n) is 3.39. The zero-order valence-electron chi connectivity index (χ0n) is 11.6. The van der Waals surface area contributed by atoms with Crippen LogP contribution in [0.25, 0.3) is 0 Å². The van der Waals surface area contributed by atoms with E-state index in [2.05, 4.69) is 16.9 Å². The third-order valence-corrected chi connectivity index (χ3v) is 4.59. The van der Waals surface area contributed by atoms with Gasteiger partial charge in [0.1, 0.15) is 0 Å². The number of ether oxygens (including phenoxy) is 2. The molecule has 1 aromatic rings. The molecule has 19 heavy (non-hydrogen) atoms. The summed E-state index contributed by atoms with van der Waals surface area (Å²) in [4.78, 5) is 7.64. The highest BCUT2D eigenvalue weighted by atomic mass is 32.1. The topological polar surface area (TPSA) is 54.8 Å². The molecule has 0 unspecified atom stereocenters. The van der Waals surface area contributed by atoms with Crippen molar-refractivity contribution in [2.45, 2.75) is 26.1 Å². The SMILES string of the molecule is COCc1nc(N(C)CC2CCOCC2)sc1CO. The highest BCUT2D eigenvalue weighted by molar-refractivity contribution is 7.15. The normalized spacial score (nSPS) is 16.8. The van der Waals surface area contributed by atoms with Crippen molar-refractivity contribution >= 4 is 16.5 Å². The molecular weight excluding hydrogens is 264 g/mol. The zero-order valence-corrected chi connectivity index (χ0v) is 12.4. The molecule has 1 aliphatic rings. The van der Waals surface area contributed by atoms with Crippen molar-refractivity contribution < 1.29 is 14.6 Å². The monoisotopic (exact) mass is 286 g/mol. The van der Waals surface area contributed by atoms with Gasteiger partial charge in [-0.05, 0) is 18.8 Å². The second-order valence-electron chi connectivity index (χ2n) is 4.89. The molecular formula is C13H22N2O3S. The molecule has 0 saturated carbocycles. The number of rotatable bonds is 6. The van der Waals surface area contributed by atoms with Gasteiger partial charge in [0.15, 0.2) is 5.13 Å². The fourth-order valence-corrected chi connectivity index (χ4v) is 3.19. The number of methoxy groups -OCH3 is 1. The third kappa shape index (κ3) is 3.89. The van der Waals surface area contributed by atoms with Crippen LogP contribution in [-0.2, 0) is 22.7 Å². The number of aliphatic hydroxyl groups excluding tert-OH is 1. The van der Waals surface area contributed by atoms with E-state index in [9.17, 15) is 5.11 Å². The molecule has 1 aromatic heterocycles. The number of hydrogen-bond acceptors (Lipinski definition) is 6.